The minimum absolute atomic E-state index is 0.00497. The van der Waals surface area contributed by atoms with E-state index in [4.69, 9.17) is 4.74 Å². The Hall–Kier alpha value is -3.62. The molecule has 28 heavy (non-hydrogen) atoms. The summed E-state index contributed by atoms with van der Waals surface area (Å²) in [5.74, 6) is -0.882. The quantitative estimate of drug-likeness (QED) is 0.431. The molecule has 0 aliphatic heterocycles. The normalized spacial score (nSPS) is 11.1. The first-order valence-corrected chi connectivity index (χ1v) is 8.00. The molecule has 0 atom stereocenters. The third kappa shape index (κ3) is 4.97. The van der Waals surface area contributed by atoms with Gasteiger partial charge in [-0.1, -0.05) is 30.3 Å². The van der Waals surface area contributed by atoms with Gasteiger partial charge >= 0.3 is 12.2 Å². The molecule has 144 valence electrons. The van der Waals surface area contributed by atoms with Gasteiger partial charge in [0.15, 0.2) is 5.69 Å². The second-order valence-electron chi connectivity index (χ2n) is 5.62. The zero-order valence-corrected chi connectivity index (χ0v) is 14.2. The van der Waals surface area contributed by atoms with Crippen LogP contribution >= 0.6 is 0 Å². The molecule has 6 nitrogen and oxygen atoms in total. The fraction of sp³-hybridized carbons (Fsp3) is 0.105. The summed E-state index contributed by atoms with van der Waals surface area (Å²) >= 11 is 0. The van der Waals surface area contributed by atoms with Crippen LogP contribution in [0.5, 0.6) is 11.5 Å². The second-order valence-corrected chi connectivity index (χ2v) is 5.62. The van der Waals surface area contributed by atoms with Crippen LogP contribution in [0.25, 0.3) is 11.3 Å². The van der Waals surface area contributed by atoms with E-state index >= 15 is 0 Å². The lowest BCUT2D eigenvalue weighted by molar-refractivity contribution is -0.390. The summed E-state index contributed by atoms with van der Waals surface area (Å²) < 4.78 is 46.0. The molecule has 0 radical (unpaired) electrons. The van der Waals surface area contributed by atoms with Gasteiger partial charge in [0, 0.05) is 5.56 Å². The van der Waals surface area contributed by atoms with Crippen molar-refractivity contribution in [2.75, 3.05) is 0 Å². The van der Waals surface area contributed by atoms with Crippen molar-refractivity contribution < 1.29 is 27.6 Å². The van der Waals surface area contributed by atoms with Crippen molar-refractivity contribution in [2.45, 2.75) is 13.0 Å². The van der Waals surface area contributed by atoms with Crippen molar-refractivity contribution in [3.63, 3.8) is 0 Å². The predicted molar refractivity (Wildman–Crippen MR) is 93.8 cm³/mol. The Balaban J connectivity index is 1.81. The minimum Gasteiger partial charge on any atom is -0.481 e. The van der Waals surface area contributed by atoms with E-state index in [0.717, 1.165) is 17.7 Å². The molecule has 0 unspecified atom stereocenters. The summed E-state index contributed by atoms with van der Waals surface area (Å²) in [6.45, 7) is 0.131. The Kier molecular flexibility index (Phi) is 5.44. The van der Waals surface area contributed by atoms with Crippen LogP contribution in [-0.2, 0) is 6.61 Å². The Morgan fingerprint density at radius 2 is 1.64 bits per heavy atom. The lowest BCUT2D eigenvalue weighted by Crippen LogP contribution is -2.16. The monoisotopic (exact) mass is 390 g/mol. The molecule has 3 aromatic rings. The number of nitro groups is 1. The van der Waals surface area contributed by atoms with E-state index < -0.39 is 22.9 Å². The molecule has 3 rings (SSSR count). The maximum atomic E-state index is 12.2. The molecule has 0 saturated carbocycles. The van der Waals surface area contributed by atoms with E-state index in [1.165, 1.54) is 24.3 Å². The van der Waals surface area contributed by atoms with Crippen LogP contribution in [0.3, 0.4) is 0 Å². The number of aromatic nitrogens is 1. The van der Waals surface area contributed by atoms with E-state index in [9.17, 15) is 23.3 Å². The fourth-order valence-corrected chi connectivity index (χ4v) is 2.40. The van der Waals surface area contributed by atoms with Crippen LogP contribution in [0.4, 0.5) is 19.0 Å². The summed E-state index contributed by atoms with van der Waals surface area (Å²) in [5.41, 5.74) is 1.45. The third-order valence-corrected chi connectivity index (χ3v) is 3.63. The number of pyridine rings is 1. The van der Waals surface area contributed by atoms with E-state index in [1.54, 1.807) is 0 Å². The topological polar surface area (TPSA) is 74.5 Å². The molecule has 0 aliphatic rings. The van der Waals surface area contributed by atoms with Crippen LogP contribution < -0.4 is 9.47 Å². The molecule has 1 heterocycles. The minimum atomic E-state index is -4.80. The number of alkyl halides is 3. The van der Waals surface area contributed by atoms with Gasteiger partial charge in [-0.25, -0.2) is 0 Å². The van der Waals surface area contributed by atoms with Crippen LogP contribution in [0, 0.1) is 10.1 Å². The highest BCUT2D eigenvalue weighted by Crippen LogP contribution is 2.31. The van der Waals surface area contributed by atoms with Crippen molar-refractivity contribution in [2.24, 2.45) is 0 Å². The maximum absolute atomic E-state index is 12.2. The maximum Gasteiger partial charge on any atom is 0.573 e. The molecule has 0 fully saturated rings. The summed E-state index contributed by atoms with van der Waals surface area (Å²) in [7, 11) is 0. The molecule has 0 spiro atoms. The number of benzene rings is 2. The lowest BCUT2D eigenvalue weighted by Gasteiger charge is -2.09. The highest BCUT2D eigenvalue weighted by atomic mass is 19.4. The lowest BCUT2D eigenvalue weighted by atomic mass is 10.1. The number of nitrogens with zero attached hydrogens (tertiary/aromatic N) is 2. The predicted octanol–water partition coefficient (Wildman–Crippen LogP) is 5.13. The average molecular weight is 390 g/mol. The van der Waals surface area contributed by atoms with Crippen molar-refractivity contribution in [3.8, 4) is 22.8 Å². The average Bonchev–Trinajstić information content (AvgIpc) is 2.66. The van der Waals surface area contributed by atoms with Crippen LogP contribution in [0.2, 0.25) is 0 Å². The Morgan fingerprint density at radius 3 is 2.25 bits per heavy atom. The third-order valence-electron chi connectivity index (χ3n) is 3.63. The summed E-state index contributed by atoms with van der Waals surface area (Å²) in [4.78, 5) is 14.6. The number of ether oxygens (including phenoxy) is 2. The fourth-order valence-electron chi connectivity index (χ4n) is 2.40. The van der Waals surface area contributed by atoms with Crippen molar-refractivity contribution in [1.29, 1.82) is 0 Å². The molecule has 0 amide bonds. The van der Waals surface area contributed by atoms with E-state index in [1.807, 2.05) is 30.3 Å². The molecule has 0 N–H and O–H groups in total. The number of halogens is 3. The Morgan fingerprint density at radius 1 is 0.964 bits per heavy atom. The standard InChI is InChI=1S/C19H13F3N2O4/c20-19(21,22)28-15-8-6-14(7-9-15)16-10-11-17(18(23-16)24(25)26)27-12-13-4-2-1-3-5-13/h1-11H,12H2. The number of rotatable bonds is 6. The zero-order valence-electron chi connectivity index (χ0n) is 14.2. The van der Waals surface area contributed by atoms with Gasteiger partial charge in [0.1, 0.15) is 12.4 Å². The van der Waals surface area contributed by atoms with Gasteiger partial charge in [0.05, 0.1) is 0 Å². The highest BCUT2D eigenvalue weighted by molar-refractivity contribution is 5.63. The largest absolute Gasteiger partial charge is 0.573 e. The first-order chi connectivity index (χ1) is 13.3. The van der Waals surface area contributed by atoms with Crippen molar-refractivity contribution in [3.05, 3.63) is 82.4 Å². The first-order valence-electron chi connectivity index (χ1n) is 8.00. The zero-order chi connectivity index (χ0) is 20.1. The molecule has 1 aromatic heterocycles. The van der Waals surface area contributed by atoms with Crippen LogP contribution in [0.15, 0.2) is 66.7 Å². The molecule has 0 aliphatic carbocycles. The molecule has 0 bridgehead atoms. The molecule has 2 aromatic carbocycles. The van der Waals surface area contributed by atoms with Gasteiger partial charge in [0.25, 0.3) is 0 Å². The molecular weight excluding hydrogens is 377 g/mol. The molecular formula is C19H13F3N2O4. The van der Waals surface area contributed by atoms with Gasteiger partial charge in [-0.3, -0.25) is 0 Å². The second kappa shape index (κ2) is 7.95. The summed E-state index contributed by atoms with van der Waals surface area (Å²) in [6.07, 6.45) is -4.80. The van der Waals surface area contributed by atoms with Gasteiger partial charge in [-0.15, -0.1) is 13.2 Å². The smallest absolute Gasteiger partial charge is 0.481 e. The summed E-state index contributed by atoms with van der Waals surface area (Å²) in [6, 6.07) is 16.9. The Bertz CT molecular complexity index is 961. The van der Waals surface area contributed by atoms with Gasteiger partial charge in [-0.2, -0.15) is 0 Å². The van der Waals surface area contributed by atoms with Gasteiger partial charge in [-0.05, 0) is 51.9 Å². The highest BCUT2D eigenvalue weighted by Gasteiger charge is 2.31. The van der Waals surface area contributed by atoms with Gasteiger partial charge < -0.3 is 19.6 Å². The first kappa shape index (κ1) is 19.2. The number of hydrogen-bond acceptors (Lipinski definition) is 5. The molecule has 9 heteroatoms. The van der Waals surface area contributed by atoms with E-state index in [-0.39, 0.29) is 18.1 Å². The van der Waals surface area contributed by atoms with Crippen LogP contribution in [0.1, 0.15) is 5.56 Å². The van der Waals surface area contributed by atoms with Crippen LogP contribution in [-0.4, -0.2) is 16.3 Å². The summed E-state index contributed by atoms with van der Waals surface area (Å²) in [5, 5.41) is 11.3. The van der Waals surface area contributed by atoms with E-state index in [2.05, 4.69) is 9.72 Å². The SMILES string of the molecule is O=[N+]([O-])c1nc(-c2ccc(OC(F)(F)F)cc2)ccc1OCc1ccccc1. The van der Waals surface area contributed by atoms with E-state index in [0.29, 0.717) is 5.56 Å². The Labute approximate surface area is 157 Å². The number of hydrogen-bond donors (Lipinski definition) is 0. The van der Waals surface area contributed by atoms with Crippen molar-refractivity contribution in [1.82, 2.24) is 4.98 Å². The molecule has 0 saturated heterocycles. The van der Waals surface area contributed by atoms with Crippen molar-refractivity contribution >= 4 is 5.82 Å². The van der Waals surface area contributed by atoms with Gasteiger partial charge in [0.2, 0.25) is 5.75 Å².